The zero-order valence-corrected chi connectivity index (χ0v) is 16.8. The van der Waals surface area contributed by atoms with Gasteiger partial charge in [-0.1, -0.05) is 19.9 Å². The lowest BCUT2D eigenvalue weighted by Gasteiger charge is -2.36. The van der Waals surface area contributed by atoms with Gasteiger partial charge in [-0.3, -0.25) is 9.59 Å². The van der Waals surface area contributed by atoms with E-state index in [4.69, 9.17) is 0 Å². The summed E-state index contributed by atoms with van der Waals surface area (Å²) in [7, 11) is 3.36. The lowest BCUT2D eigenvalue weighted by Crippen LogP contribution is -2.37. The Balaban J connectivity index is 1.82. The van der Waals surface area contributed by atoms with Gasteiger partial charge in [-0.25, -0.2) is 9.07 Å². The minimum absolute atomic E-state index is 0.0461. The van der Waals surface area contributed by atoms with E-state index in [9.17, 15) is 14.0 Å². The normalized spacial score (nSPS) is 17.7. The third-order valence-electron chi connectivity index (χ3n) is 5.13. The van der Waals surface area contributed by atoms with Crippen LogP contribution in [-0.2, 0) is 16.0 Å². The number of hydrogen-bond donors (Lipinski definition) is 1. The number of hydrogen-bond acceptors (Lipinski definition) is 3. The first-order valence-electron chi connectivity index (χ1n) is 9.48. The minimum Gasteiger partial charge on any atom is -0.349 e. The SMILES string of the molecule is CN(C)C(=O)CCC(=O)N[C@@H]1CC(C)(C)Cc2c1cnn2-c1cccc(F)c1. The Hall–Kier alpha value is -2.70. The highest BCUT2D eigenvalue weighted by atomic mass is 19.1. The zero-order chi connectivity index (χ0) is 20.5. The lowest BCUT2D eigenvalue weighted by atomic mass is 9.74. The van der Waals surface area contributed by atoms with E-state index < -0.39 is 0 Å². The van der Waals surface area contributed by atoms with Crippen molar-refractivity contribution in [1.29, 1.82) is 0 Å². The number of benzene rings is 1. The van der Waals surface area contributed by atoms with Crippen LogP contribution in [0.3, 0.4) is 0 Å². The zero-order valence-electron chi connectivity index (χ0n) is 16.8. The second-order valence-corrected chi connectivity index (χ2v) is 8.39. The van der Waals surface area contributed by atoms with Crippen molar-refractivity contribution in [2.45, 2.75) is 45.6 Å². The van der Waals surface area contributed by atoms with Crippen molar-refractivity contribution >= 4 is 11.8 Å². The van der Waals surface area contributed by atoms with Crippen LogP contribution < -0.4 is 5.32 Å². The fourth-order valence-electron chi connectivity index (χ4n) is 3.71. The van der Waals surface area contributed by atoms with Gasteiger partial charge in [0.25, 0.3) is 0 Å². The van der Waals surface area contributed by atoms with Crippen LogP contribution in [0.5, 0.6) is 0 Å². The van der Waals surface area contributed by atoms with Gasteiger partial charge < -0.3 is 10.2 Å². The van der Waals surface area contributed by atoms with Crippen LogP contribution in [-0.4, -0.2) is 40.6 Å². The molecule has 1 aromatic heterocycles. The molecule has 7 heteroatoms. The fraction of sp³-hybridized carbons (Fsp3) is 0.476. The standard InChI is InChI=1S/C21H27FN4O2/c1-21(2)11-17(24-19(27)8-9-20(28)25(3)4)16-13-23-26(18(16)12-21)15-7-5-6-14(22)10-15/h5-7,10,13,17H,8-9,11-12H2,1-4H3,(H,24,27)/t17-/m1/s1. The number of amides is 2. The highest BCUT2D eigenvalue weighted by Gasteiger charge is 2.36. The second-order valence-electron chi connectivity index (χ2n) is 8.39. The van der Waals surface area contributed by atoms with Crippen LogP contribution in [0.15, 0.2) is 30.5 Å². The summed E-state index contributed by atoms with van der Waals surface area (Å²) in [5.74, 6) is -0.534. The molecule has 0 bridgehead atoms. The van der Waals surface area contributed by atoms with Crippen molar-refractivity contribution in [3.8, 4) is 5.69 Å². The molecule has 1 heterocycles. The van der Waals surface area contributed by atoms with Gasteiger partial charge >= 0.3 is 0 Å². The van der Waals surface area contributed by atoms with Gasteiger partial charge in [0.05, 0.1) is 23.6 Å². The Labute approximate surface area is 164 Å². The third-order valence-corrected chi connectivity index (χ3v) is 5.13. The number of carbonyl (C=O) groups is 2. The van der Waals surface area contributed by atoms with Crippen molar-refractivity contribution in [2.24, 2.45) is 5.41 Å². The summed E-state index contributed by atoms with van der Waals surface area (Å²) in [5, 5.41) is 7.53. The maximum Gasteiger partial charge on any atom is 0.222 e. The van der Waals surface area contributed by atoms with E-state index in [-0.39, 0.29) is 41.9 Å². The smallest absolute Gasteiger partial charge is 0.222 e. The van der Waals surface area contributed by atoms with Gasteiger partial charge in [-0.15, -0.1) is 0 Å². The van der Waals surface area contributed by atoms with E-state index >= 15 is 0 Å². The maximum absolute atomic E-state index is 13.7. The molecule has 0 aliphatic heterocycles. The topological polar surface area (TPSA) is 67.2 Å². The Kier molecular flexibility index (Phi) is 5.54. The molecule has 0 unspecified atom stereocenters. The van der Waals surface area contributed by atoms with Gasteiger partial charge in [-0.2, -0.15) is 5.10 Å². The largest absolute Gasteiger partial charge is 0.349 e. The van der Waals surface area contributed by atoms with Crippen LogP contribution >= 0.6 is 0 Å². The number of nitrogens with one attached hydrogen (secondary N) is 1. The first-order chi connectivity index (χ1) is 13.2. The molecule has 6 nitrogen and oxygen atoms in total. The van der Waals surface area contributed by atoms with Crippen LogP contribution in [0.1, 0.15) is 50.4 Å². The molecule has 0 spiro atoms. The average Bonchev–Trinajstić information content (AvgIpc) is 3.02. The predicted octanol–water partition coefficient (Wildman–Crippen LogP) is 3.01. The molecule has 1 atom stereocenters. The van der Waals surface area contributed by atoms with E-state index in [0.717, 1.165) is 24.1 Å². The molecule has 28 heavy (non-hydrogen) atoms. The summed E-state index contributed by atoms with van der Waals surface area (Å²) in [4.78, 5) is 25.6. The molecule has 2 aromatic rings. The quantitative estimate of drug-likeness (QED) is 0.859. The maximum atomic E-state index is 13.7. The molecular weight excluding hydrogens is 359 g/mol. The summed E-state index contributed by atoms with van der Waals surface area (Å²) in [6.07, 6.45) is 3.66. The summed E-state index contributed by atoms with van der Waals surface area (Å²) in [5.41, 5.74) is 2.56. The lowest BCUT2D eigenvalue weighted by molar-refractivity contribution is -0.131. The number of nitrogens with zero attached hydrogens (tertiary/aromatic N) is 3. The highest BCUT2D eigenvalue weighted by Crippen LogP contribution is 2.41. The van der Waals surface area contributed by atoms with Crippen LogP contribution in [0.25, 0.3) is 5.69 Å². The first-order valence-corrected chi connectivity index (χ1v) is 9.48. The van der Waals surface area contributed by atoms with Gasteiger partial charge in [0, 0.05) is 32.5 Å². The number of fused-ring (bicyclic) bond motifs is 1. The van der Waals surface area contributed by atoms with Gasteiger partial charge in [-0.05, 0) is 36.5 Å². The number of halogens is 1. The number of rotatable bonds is 5. The Morgan fingerprint density at radius 2 is 2.07 bits per heavy atom. The second kappa shape index (κ2) is 7.73. The van der Waals surface area contributed by atoms with Gasteiger partial charge in [0.15, 0.2) is 0 Å². The molecule has 0 saturated carbocycles. The van der Waals surface area contributed by atoms with E-state index in [2.05, 4.69) is 24.3 Å². The Morgan fingerprint density at radius 1 is 1.32 bits per heavy atom. The molecular formula is C21H27FN4O2. The van der Waals surface area contributed by atoms with Crippen LogP contribution in [0, 0.1) is 11.2 Å². The van der Waals surface area contributed by atoms with Crippen LogP contribution in [0.4, 0.5) is 4.39 Å². The third kappa shape index (κ3) is 4.40. The van der Waals surface area contributed by atoms with Gasteiger partial charge in [0.2, 0.25) is 11.8 Å². The van der Waals surface area contributed by atoms with Crippen molar-refractivity contribution in [3.05, 3.63) is 47.5 Å². The molecule has 1 aliphatic carbocycles. The monoisotopic (exact) mass is 386 g/mol. The van der Waals surface area contributed by atoms with Gasteiger partial charge in [0.1, 0.15) is 5.82 Å². The summed E-state index contributed by atoms with van der Waals surface area (Å²) in [6.45, 7) is 4.29. The van der Waals surface area contributed by atoms with Crippen molar-refractivity contribution in [3.63, 3.8) is 0 Å². The molecule has 0 radical (unpaired) electrons. The Bertz CT molecular complexity index is 888. The van der Waals surface area contributed by atoms with E-state index in [1.807, 2.05) is 6.07 Å². The summed E-state index contributed by atoms with van der Waals surface area (Å²) in [6, 6.07) is 6.16. The first kappa shape index (κ1) is 20.0. The van der Waals surface area contributed by atoms with E-state index in [1.165, 1.54) is 17.0 Å². The predicted molar refractivity (Wildman–Crippen MR) is 104 cm³/mol. The van der Waals surface area contributed by atoms with Crippen molar-refractivity contribution < 1.29 is 14.0 Å². The summed E-state index contributed by atoms with van der Waals surface area (Å²) >= 11 is 0. The minimum atomic E-state index is -0.313. The Morgan fingerprint density at radius 3 is 2.75 bits per heavy atom. The molecule has 1 aromatic carbocycles. The van der Waals surface area contributed by atoms with E-state index in [0.29, 0.717) is 5.69 Å². The molecule has 150 valence electrons. The van der Waals surface area contributed by atoms with Crippen molar-refractivity contribution in [2.75, 3.05) is 14.1 Å². The van der Waals surface area contributed by atoms with Crippen LogP contribution in [0.2, 0.25) is 0 Å². The molecule has 2 amide bonds. The summed E-state index contributed by atoms with van der Waals surface area (Å²) < 4.78 is 15.4. The molecule has 3 rings (SSSR count). The highest BCUT2D eigenvalue weighted by molar-refractivity contribution is 5.83. The molecule has 1 aliphatic rings. The molecule has 0 fully saturated rings. The van der Waals surface area contributed by atoms with Crippen molar-refractivity contribution in [1.82, 2.24) is 20.0 Å². The molecule has 0 saturated heterocycles. The fourth-order valence-corrected chi connectivity index (χ4v) is 3.71. The number of carbonyl (C=O) groups excluding carboxylic acids is 2. The molecule has 1 N–H and O–H groups in total. The van der Waals surface area contributed by atoms with E-state index in [1.54, 1.807) is 31.0 Å². The number of aromatic nitrogens is 2. The average molecular weight is 386 g/mol.